The molecule has 4 heteroatoms. The largest absolute Gasteiger partial charge is 0.395 e. The van der Waals surface area contributed by atoms with Gasteiger partial charge in [0.05, 0.1) is 18.6 Å². The van der Waals surface area contributed by atoms with Gasteiger partial charge in [-0.3, -0.25) is 4.79 Å². The molecule has 0 aromatic carbocycles. The summed E-state index contributed by atoms with van der Waals surface area (Å²) < 4.78 is 5.24. The van der Waals surface area contributed by atoms with Crippen LogP contribution < -0.4 is 5.32 Å². The minimum absolute atomic E-state index is 0.00551. The molecule has 1 aliphatic heterocycles. The maximum Gasteiger partial charge on any atom is 0.225 e. The lowest BCUT2D eigenvalue weighted by Crippen LogP contribution is -2.35. The summed E-state index contributed by atoms with van der Waals surface area (Å²) in [7, 11) is 0. The highest BCUT2D eigenvalue weighted by Crippen LogP contribution is 2.19. The van der Waals surface area contributed by atoms with Crippen molar-refractivity contribution in [3.05, 3.63) is 0 Å². The quantitative estimate of drug-likeness (QED) is 0.606. The predicted molar refractivity (Wildman–Crippen MR) is 43.6 cm³/mol. The van der Waals surface area contributed by atoms with E-state index in [0.717, 1.165) is 6.42 Å². The van der Waals surface area contributed by atoms with Crippen molar-refractivity contribution >= 4 is 5.91 Å². The molecule has 4 nitrogen and oxygen atoms in total. The van der Waals surface area contributed by atoms with Crippen LogP contribution in [-0.4, -0.2) is 36.9 Å². The first-order valence-electron chi connectivity index (χ1n) is 4.26. The van der Waals surface area contributed by atoms with Gasteiger partial charge in [-0.2, -0.15) is 0 Å². The Morgan fingerprint density at radius 1 is 1.75 bits per heavy atom. The fraction of sp³-hybridized carbons (Fsp3) is 0.875. The Kier molecular flexibility index (Phi) is 3.49. The van der Waals surface area contributed by atoms with Crippen LogP contribution in [0.25, 0.3) is 0 Å². The van der Waals surface area contributed by atoms with E-state index in [2.05, 4.69) is 5.32 Å². The Morgan fingerprint density at radius 2 is 2.50 bits per heavy atom. The van der Waals surface area contributed by atoms with Gasteiger partial charge in [0.25, 0.3) is 0 Å². The number of rotatable bonds is 3. The second-order valence-corrected chi connectivity index (χ2v) is 2.99. The maximum atomic E-state index is 11.3. The number of ether oxygens (including phenoxy) is 1. The van der Waals surface area contributed by atoms with Crippen LogP contribution in [0.5, 0.6) is 0 Å². The minimum atomic E-state index is -0.0310. The molecular formula is C8H15NO3. The van der Waals surface area contributed by atoms with Crippen LogP contribution in [0.2, 0.25) is 0 Å². The van der Waals surface area contributed by atoms with Crippen molar-refractivity contribution in [3.8, 4) is 0 Å². The molecular weight excluding hydrogens is 158 g/mol. The van der Waals surface area contributed by atoms with E-state index in [1.54, 1.807) is 0 Å². The van der Waals surface area contributed by atoms with Crippen molar-refractivity contribution in [2.75, 3.05) is 19.8 Å². The Balaban J connectivity index is 2.30. The van der Waals surface area contributed by atoms with E-state index >= 15 is 0 Å². The van der Waals surface area contributed by atoms with E-state index in [1.165, 1.54) is 0 Å². The number of carbonyl (C=O) groups excluding carboxylic acids is 1. The number of hydrogen-bond acceptors (Lipinski definition) is 3. The average molecular weight is 173 g/mol. The molecule has 0 bridgehead atoms. The van der Waals surface area contributed by atoms with Crippen LogP contribution in [0.3, 0.4) is 0 Å². The summed E-state index contributed by atoms with van der Waals surface area (Å²) in [4.78, 5) is 11.3. The topological polar surface area (TPSA) is 58.6 Å². The Labute approximate surface area is 71.9 Å². The van der Waals surface area contributed by atoms with Gasteiger partial charge < -0.3 is 15.2 Å². The van der Waals surface area contributed by atoms with Gasteiger partial charge in [0.15, 0.2) is 0 Å². The van der Waals surface area contributed by atoms with E-state index in [9.17, 15) is 4.79 Å². The van der Waals surface area contributed by atoms with Gasteiger partial charge in [-0.25, -0.2) is 0 Å². The average Bonchev–Trinajstić information content (AvgIpc) is 2.47. The highest BCUT2D eigenvalue weighted by Gasteiger charge is 2.30. The molecule has 12 heavy (non-hydrogen) atoms. The Morgan fingerprint density at radius 3 is 3.00 bits per heavy atom. The van der Waals surface area contributed by atoms with Crippen molar-refractivity contribution in [2.24, 2.45) is 5.92 Å². The van der Waals surface area contributed by atoms with Gasteiger partial charge in [0.1, 0.15) is 0 Å². The van der Waals surface area contributed by atoms with Gasteiger partial charge in [0, 0.05) is 13.2 Å². The second-order valence-electron chi connectivity index (χ2n) is 2.99. The van der Waals surface area contributed by atoms with Crippen molar-refractivity contribution in [2.45, 2.75) is 19.4 Å². The SMILES string of the molecule is CC1OCCC1C(=O)NCCO. The van der Waals surface area contributed by atoms with Crippen LogP contribution in [0, 0.1) is 5.92 Å². The van der Waals surface area contributed by atoms with Gasteiger partial charge >= 0.3 is 0 Å². The molecule has 0 aromatic heterocycles. The van der Waals surface area contributed by atoms with Crippen LogP contribution in [-0.2, 0) is 9.53 Å². The van der Waals surface area contributed by atoms with Gasteiger partial charge in [-0.15, -0.1) is 0 Å². The van der Waals surface area contributed by atoms with Crippen molar-refractivity contribution < 1.29 is 14.6 Å². The highest BCUT2D eigenvalue weighted by molar-refractivity contribution is 5.79. The molecule has 1 amide bonds. The van der Waals surface area contributed by atoms with Crippen molar-refractivity contribution in [3.63, 3.8) is 0 Å². The third kappa shape index (κ3) is 2.19. The second kappa shape index (κ2) is 4.42. The fourth-order valence-electron chi connectivity index (χ4n) is 1.39. The predicted octanol–water partition coefficient (Wildman–Crippen LogP) is -0.480. The molecule has 1 rings (SSSR count). The van der Waals surface area contributed by atoms with Crippen molar-refractivity contribution in [1.29, 1.82) is 0 Å². The smallest absolute Gasteiger partial charge is 0.225 e. The summed E-state index contributed by atoms with van der Waals surface area (Å²) in [5, 5.41) is 11.1. The number of hydrogen-bond donors (Lipinski definition) is 2. The van der Waals surface area contributed by atoms with E-state index in [-0.39, 0.29) is 24.5 Å². The van der Waals surface area contributed by atoms with Gasteiger partial charge in [-0.05, 0) is 13.3 Å². The first-order chi connectivity index (χ1) is 5.75. The fourth-order valence-corrected chi connectivity index (χ4v) is 1.39. The third-order valence-corrected chi connectivity index (χ3v) is 2.12. The lowest BCUT2D eigenvalue weighted by Gasteiger charge is -2.12. The number of nitrogens with one attached hydrogen (secondary N) is 1. The lowest BCUT2D eigenvalue weighted by molar-refractivity contribution is -0.126. The maximum absolute atomic E-state index is 11.3. The van der Waals surface area contributed by atoms with E-state index in [1.807, 2.05) is 6.92 Å². The summed E-state index contributed by atoms with van der Waals surface area (Å²) in [6, 6.07) is 0. The number of amides is 1. The molecule has 1 aliphatic rings. The number of carbonyl (C=O) groups is 1. The molecule has 0 aromatic rings. The molecule has 2 N–H and O–H groups in total. The summed E-state index contributed by atoms with van der Waals surface area (Å²) in [5.41, 5.74) is 0. The standard InChI is InChI=1S/C8H15NO3/c1-6-7(2-5-12-6)8(11)9-3-4-10/h6-7,10H,2-5H2,1H3,(H,9,11). The molecule has 0 saturated carbocycles. The zero-order valence-corrected chi connectivity index (χ0v) is 7.25. The monoisotopic (exact) mass is 173 g/mol. The van der Waals surface area contributed by atoms with E-state index in [0.29, 0.717) is 13.2 Å². The molecule has 1 saturated heterocycles. The van der Waals surface area contributed by atoms with Crippen LogP contribution in [0.4, 0.5) is 0 Å². The Bertz CT molecular complexity index is 160. The lowest BCUT2D eigenvalue weighted by atomic mass is 10.0. The van der Waals surface area contributed by atoms with Crippen LogP contribution >= 0.6 is 0 Å². The summed E-state index contributed by atoms with van der Waals surface area (Å²) in [6.07, 6.45) is 0.807. The van der Waals surface area contributed by atoms with Crippen LogP contribution in [0.15, 0.2) is 0 Å². The normalized spacial score (nSPS) is 28.8. The number of aliphatic hydroxyl groups excluding tert-OH is 1. The summed E-state index contributed by atoms with van der Waals surface area (Å²) in [6.45, 7) is 2.89. The van der Waals surface area contributed by atoms with Gasteiger partial charge in [-0.1, -0.05) is 0 Å². The van der Waals surface area contributed by atoms with Gasteiger partial charge in [0.2, 0.25) is 5.91 Å². The summed E-state index contributed by atoms with van der Waals surface area (Å²) in [5.74, 6) is -0.0365. The minimum Gasteiger partial charge on any atom is -0.395 e. The zero-order chi connectivity index (χ0) is 8.97. The summed E-state index contributed by atoms with van der Waals surface area (Å²) >= 11 is 0. The molecule has 0 radical (unpaired) electrons. The van der Waals surface area contributed by atoms with Crippen LogP contribution in [0.1, 0.15) is 13.3 Å². The molecule has 2 unspecified atom stereocenters. The first kappa shape index (κ1) is 9.48. The molecule has 0 spiro atoms. The van der Waals surface area contributed by atoms with Crippen molar-refractivity contribution in [1.82, 2.24) is 5.32 Å². The number of aliphatic hydroxyl groups is 1. The van der Waals surface area contributed by atoms with E-state index in [4.69, 9.17) is 9.84 Å². The highest BCUT2D eigenvalue weighted by atomic mass is 16.5. The molecule has 1 heterocycles. The Hall–Kier alpha value is -0.610. The molecule has 2 atom stereocenters. The van der Waals surface area contributed by atoms with E-state index < -0.39 is 0 Å². The third-order valence-electron chi connectivity index (χ3n) is 2.12. The first-order valence-corrected chi connectivity index (χ1v) is 4.26. The molecule has 0 aliphatic carbocycles. The molecule has 70 valence electrons. The molecule has 1 fully saturated rings. The zero-order valence-electron chi connectivity index (χ0n) is 7.25.